The van der Waals surface area contributed by atoms with Gasteiger partial charge in [0.15, 0.2) is 0 Å². The van der Waals surface area contributed by atoms with Gasteiger partial charge in [-0.25, -0.2) is 0 Å². The van der Waals surface area contributed by atoms with Crippen LogP contribution in [0.2, 0.25) is 0 Å². The summed E-state index contributed by atoms with van der Waals surface area (Å²) in [6.45, 7) is 6.94. The number of amides is 1. The maximum Gasteiger partial charge on any atom is 0.217 e. The van der Waals surface area contributed by atoms with Crippen LogP contribution in [0, 0.1) is 5.92 Å². The molecule has 0 unspecified atom stereocenters. The summed E-state index contributed by atoms with van der Waals surface area (Å²) in [6, 6.07) is 0.937. The molecule has 1 amide bonds. The van der Waals surface area contributed by atoms with Crippen LogP contribution in [0.1, 0.15) is 40.0 Å². The first-order valence-electron chi connectivity index (χ1n) is 5.60. The normalized spacial score (nSPS) is 26.9. The molecular weight excluding hydrogens is 176 g/mol. The van der Waals surface area contributed by atoms with Crippen molar-refractivity contribution < 1.29 is 4.79 Å². The van der Waals surface area contributed by atoms with Gasteiger partial charge in [-0.2, -0.15) is 0 Å². The van der Waals surface area contributed by atoms with Crippen LogP contribution in [0.5, 0.6) is 0 Å². The van der Waals surface area contributed by atoms with Gasteiger partial charge in [-0.3, -0.25) is 4.79 Å². The SMILES string of the molecule is CC(=O)N[C@@H]1CCC[C@@H]1CNC(C)C. The Bertz CT molecular complexity index is 192. The van der Waals surface area contributed by atoms with Crippen molar-refractivity contribution in [3.8, 4) is 0 Å². The van der Waals surface area contributed by atoms with Gasteiger partial charge in [0.25, 0.3) is 0 Å². The highest BCUT2D eigenvalue weighted by molar-refractivity contribution is 5.73. The van der Waals surface area contributed by atoms with Crippen molar-refractivity contribution in [1.82, 2.24) is 10.6 Å². The lowest BCUT2D eigenvalue weighted by Crippen LogP contribution is -2.41. The number of carbonyl (C=O) groups is 1. The third-order valence-electron chi connectivity index (χ3n) is 2.84. The molecule has 1 aliphatic rings. The third kappa shape index (κ3) is 3.66. The highest BCUT2D eigenvalue weighted by atomic mass is 16.1. The minimum Gasteiger partial charge on any atom is -0.353 e. The highest BCUT2D eigenvalue weighted by Gasteiger charge is 2.27. The van der Waals surface area contributed by atoms with E-state index in [1.807, 2.05) is 0 Å². The van der Waals surface area contributed by atoms with E-state index in [0.717, 1.165) is 13.0 Å². The Morgan fingerprint density at radius 1 is 1.43 bits per heavy atom. The highest BCUT2D eigenvalue weighted by Crippen LogP contribution is 2.25. The quantitative estimate of drug-likeness (QED) is 0.714. The standard InChI is InChI=1S/C11H22N2O/c1-8(2)12-7-10-5-4-6-11(10)13-9(3)14/h8,10-12H,4-7H2,1-3H3,(H,13,14)/t10-,11-/m1/s1. The molecule has 14 heavy (non-hydrogen) atoms. The van der Waals surface area contributed by atoms with Gasteiger partial charge < -0.3 is 10.6 Å². The number of nitrogens with one attached hydrogen (secondary N) is 2. The molecule has 0 bridgehead atoms. The van der Waals surface area contributed by atoms with Crippen LogP contribution in [0.25, 0.3) is 0 Å². The zero-order valence-corrected chi connectivity index (χ0v) is 9.47. The summed E-state index contributed by atoms with van der Waals surface area (Å²) in [5.41, 5.74) is 0. The molecule has 1 saturated carbocycles. The number of carbonyl (C=O) groups excluding carboxylic acids is 1. The molecular formula is C11H22N2O. The summed E-state index contributed by atoms with van der Waals surface area (Å²) in [5.74, 6) is 0.729. The van der Waals surface area contributed by atoms with Gasteiger partial charge in [0.05, 0.1) is 0 Å². The molecule has 0 spiro atoms. The first-order valence-corrected chi connectivity index (χ1v) is 5.60. The fourth-order valence-electron chi connectivity index (χ4n) is 2.12. The topological polar surface area (TPSA) is 41.1 Å². The van der Waals surface area contributed by atoms with E-state index in [4.69, 9.17) is 0 Å². The Balaban J connectivity index is 2.31. The minimum absolute atomic E-state index is 0.103. The van der Waals surface area contributed by atoms with Crippen molar-refractivity contribution in [2.45, 2.75) is 52.1 Å². The Morgan fingerprint density at radius 3 is 2.71 bits per heavy atom. The number of hydrogen-bond acceptors (Lipinski definition) is 2. The van der Waals surface area contributed by atoms with Gasteiger partial charge in [-0.1, -0.05) is 20.3 Å². The predicted molar refractivity (Wildman–Crippen MR) is 58.1 cm³/mol. The van der Waals surface area contributed by atoms with E-state index in [0.29, 0.717) is 18.0 Å². The lowest BCUT2D eigenvalue weighted by molar-refractivity contribution is -0.119. The fraction of sp³-hybridized carbons (Fsp3) is 0.909. The second kappa shape index (κ2) is 5.35. The molecule has 1 fully saturated rings. The zero-order chi connectivity index (χ0) is 10.6. The molecule has 0 radical (unpaired) electrons. The van der Waals surface area contributed by atoms with Gasteiger partial charge in [0, 0.05) is 25.6 Å². The lowest BCUT2D eigenvalue weighted by Gasteiger charge is -2.21. The van der Waals surface area contributed by atoms with Crippen molar-refractivity contribution >= 4 is 5.91 Å². The monoisotopic (exact) mass is 198 g/mol. The first kappa shape index (κ1) is 11.5. The fourth-order valence-corrected chi connectivity index (χ4v) is 2.12. The Kier molecular flexibility index (Phi) is 4.39. The molecule has 1 rings (SSSR count). The number of hydrogen-bond donors (Lipinski definition) is 2. The molecule has 0 saturated heterocycles. The van der Waals surface area contributed by atoms with E-state index in [-0.39, 0.29) is 5.91 Å². The maximum atomic E-state index is 11.0. The molecule has 3 nitrogen and oxygen atoms in total. The maximum absolute atomic E-state index is 11.0. The van der Waals surface area contributed by atoms with Crippen LogP contribution in [-0.2, 0) is 4.79 Å². The first-order chi connectivity index (χ1) is 6.59. The molecule has 0 aliphatic heterocycles. The smallest absolute Gasteiger partial charge is 0.217 e. The van der Waals surface area contributed by atoms with Crippen LogP contribution in [0.15, 0.2) is 0 Å². The predicted octanol–water partition coefficient (Wildman–Crippen LogP) is 1.29. The van der Waals surface area contributed by atoms with Crippen LogP contribution in [0.4, 0.5) is 0 Å². The minimum atomic E-state index is 0.103. The van der Waals surface area contributed by atoms with E-state index in [9.17, 15) is 4.79 Å². The van der Waals surface area contributed by atoms with Crippen LogP contribution in [0.3, 0.4) is 0 Å². The van der Waals surface area contributed by atoms with Gasteiger partial charge in [-0.05, 0) is 18.8 Å². The second-order valence-corrected chi connectivity index (χ2v) is 4.56. The van der Waals surface area contributed by atoms with Crippen molar-refractivity contribution in [1.29, 1.82) is 0 Å². The van der Waals surface area contributed by atoms with Gasteiger partial charge in [0.1, 0.15) is 0 Å². The summed E-state index contributed by atoms with van der Waals surface area (Å²) in [4.78, 5) is 11.0. The van der Waals surface area contributed by atoms with E-state index in [2.05, 4.69) is 24.5 Å². The Hall–Kier alpha value is -0.570. The van der Waals surface area contributed by atoms with Crippen LogP contribution >= 0.6 is 0 Å². The summed E-state index contributed by atoms with van der Waals surface area (Å²) in [7, 11) is 0. The van der Waals surface area contributed by atoms with Crippen molar-refractivity contribution in [2.75, 3.05) is 6.54 Å². The van der Waals surface area contributed by atoms with Crippen molar-refractivity contribution in [3.05, 3.63) is 0 Å². The van der Waals surface area contributed by atoms with E-state index in [1.165, 1.54) is 12.8 Å². The lowest BCUT2D eigenvalue weighted by atomic mass is 10.0. The molecule has 82 valence electrons. The van der Waals surface area contributed by atoms with Gasteiger partial charge >= 0.3 is 0 Å². The summed E-state index contributed by atoms with van der Waals surface area (Å²) < 4.78 is 0. The van der Waals surface area contributed by atoms with Crippen molar-refractivity contribution in [2.24, 2.45) is 5.92 Å². The molecule has 0 heterocycles. The Labute approximate surface area is 86.6 Å². The van der Waals surface area contributed by atoms with Gasteiger partial charge in [0.2, 0.25) is 5.91 Å². The van der Waals surface area contributed by atoms with E-state index in [1.54, 1.807) is 6.92 Å². The zero-order valence-electron chi connectivity index (χ0n) is 9.47. The van der Waals surface area contributed by atoms with Gasteiger partial charge in [-0.15, -0.1) is 0 Å². The van der Waals surface area contributed by atoms with E-state index < -0.39 is 0 Å². The second-order valence-electron chi connectivity index (χ2n) is 4.56. The molecule has 2 atom stereocenters. The molecule has 0 aromatic rings. The molecule has 0 aromatic heterocycles. The molecule has 3 heteroatoms. The van der Waals surface area contributed by atoms with E-state index >= 15 is 0 Å². The number of rotatable bonds is 4. The summed E-state index contributed by atoms with van der Waals surface area (Å²) >= 11 is 0. The average molecular weight is 198 g/mol. The largest absolute Gasteiger partial charge is 0.353 e. The third-order valence-corrected chi connectivity index (χ3v) is 2.84. The summed E-state index contributed by atoms with van der Waals surface area (Å²) in [6.07, 6.45) is 3.63. The van der Waals surface area contributed by atoms with Crippen LogP contribution < -0.4 is 10.6 Å². The molecule has 2 N–H and O–H groups in total. The molecule has 1 aliphatic carbocycles. The summed E-state index contributed by atoms with van der Waals surface area (Å²) in [5, 5.41) is 6.48. The molecule has 0 aromatic carbocycles. The average Bonchev–Trinajstić information content (AvgIpc) is 2.47. The van der Waals surface area contributed by atoms with Crippen molar-refractivity contribution in [3.63, 3.8) is 0 Å². The Morgan fingerprint density at radius 2 is 2.14 bits per heavy atom. The van der Waals surface area contributed by atoms with Crippen LogP contribution in [-0.4, -0.2) is 24.5 Å².